The van der Waals surface area contributed by atoms with Crippen molar-refractivity contribution >= 4 is 0 Å². The van der Waals surface area contributed by atoms with E-state index in [1.807, 2.05) is 13.0 Å². The minimum absolute atomic E-state index is 0.516. The third-order valence-electron chi connectivity index (χ3n) is 3.87. The number of rotatable bonds is 3. The van der Waals surface area contributed by atoms with E-state index in [0.29, 0.717) is 5.92 Å². The average molecular weight is 233 g/mol. The van der Waals surface area contributed by atoms with E-state index in [-0.39, 0.29) is 0 Å². The first-order valence-corrected chi connectivity index (χ1v) is 6.24. The van der Waals surface area contributed by atoms with Gasteiger partial charge in [-0.25, -0.2) is 0 Å². The van der Waals surface area contributed by atoms with Crippen LogP contribution in [0.1, 0.15) is 44.9 Å². The third kappa shape index (κ3) is 1.96. The average Bonchev–Trinajstić information content (AvgIpc) is 2.94. The number of hydrogen-bond acceptors (Lipinski definition) is 3. The molecule has 17 heavy (non-hydrogen) atoms. The predicted molar refractivity (Wildman–Crippen MR) is 63.9 cm³/mol. The quantitative estimate of drug-likeness (QED) is 0.871. The van der Waals surface area contributed by atoms with Crippen LogP contribution in [0.25, 0.3) is 0 Å². The Morgan fingerprint density at radius 3 is 3.06 bits per heavy atom. The maximum absolute atomic E-state index is 10.5. The highest BCUT2D eigenvalue weighted by Crippen LogP contribution is 2.49. The minimum atomic E-state index is -0.722. The zero-order valence-electron chi connectivity index (χ0n) is 10.4. The number of aromatic nitrogens is 2. The van der Waals surface area contributed by atoms with E-state index in [1.54, 1.807) is 10.9 Å². The van der Waals surface area contributed by atoms with Crippen LogP contribution in [0.3, 0.4) is 0 Å². The van der Waals surface area contributed by atoms with E-state index in [2.05, 4.69) is 18.1 Å². The highest BCUT2D eigenvalue weighted by molar-refractivity contribution is 5.17. The molecule has 1 fully saturated rings. The van der Waals surface area contributed by atoms with E-state index in [0.717, 1.165) is 31.5 Å². The summed E-state index contributed by atoms with van der Waals surface area (Å²) in [6.45, 7) is 4.85. The second-order valence-electron chi connectivity index (χ2n) is 5.09. The summed E-state index contributed by atoms with van der Waals surface area (Å²) in [5.74, 6) is 0.516. The number of aliphatic hydroxyl groups is 1. The largest absolute Gasteiger partial charge is 0.385 e. The Kier molecular flexibility index (Phi) is 3.21. The fourth-order valence-corrected chi connectivity index (χ4v) is 2.86. The van der Waals surface area contributed by atoms with Crippen molar-refractivity contribution in [2.24, 2.45) is 11.3 Å². The van der Waals surface area contributed by atoms with Crippen LogP contribution in [0.15, 0.2) is 12.3 Å². The SMILES string of the molecule is CCn1nccc1C(O)C1(C#N)CCC(C)C1. The number of aryl methyl sites for hydroxylation is 1. The molecule has 0 spiro atoms. The summed E-state index contributed by atoms with van der Waals surface area (Å²) >= 11 is 0. The Morgan fingerprint density at radius 2 is 2.53 bits per heavy atom. The third-order valence-corrected chi connectivity index (χ3v) is 3.87. The van der Waals surface area contributed by atoms with Crippen LogP contribution in [0.5, 0.6) is 0 Å². The molecule has 3 unspecified atom stereocenters. The lowest BCUT2D eigenvalue weighted by molar-refractivity contribution is 0.0568. The van der Waals surface area contributed by atoms with Crippen molar-refractivity contribution in [2.45, 2.75) is 45.8 Å². The van der Waals surface area contributed by atoms with Gasteiger partial charge in [0.25, 0.3) is 0 Å². The van der Waals surface area contributed by atoms with E-state index >= 15 is 0 Å². The summed E-state index contributed by atoms with van der Waals surface area (Å²) in [4.78, 5) is 0. The van der Waals surface area contributed by atoms with Gasteiger partial charge in [0.15, 0.2) is 0 Å². The zero-order valence-corrected chi connectivity index (χ0v) is 10.4. The number of nitriles is 1. The van der Waals surface area contributed by atoms with Gasteiger partial charge in [0.2, 0.25) is 0 Å². The van der Waals surface area contributed by atoms with E-state index in [4.69, 9.17) is 0 Å². The van der Waals surface area contributed by atoms with Gasteiger partial charge in [0, 0.05) is 12.7 Å². The maximum atomic E-state index is 10.5. The van der Waals surface area contributed by atoms with Gasteiger partial charge in [0.1, 0.15) is 6.10 Å². The molecule has 3 atom stereocenters. The topological polar surface area (TPSA) is 61.8 Å². The molecule has 0 saturated heterocycles. The molecule has 1 aromatic rings. The van der Waals surface area contributed by atoms with Gasteiger partial charge >= 0.3 is 0 Å². The Morgan fingerprint density at radius 1 is 1.76 bits per heavy atom. The molecule has 4 nitrogen and oxygen atoms in total. The van der Waals surface area contributed by atoms with Crippen molar-refractivity contribution in [1.29, 1.82) is 5.26 Å². The number of aliphatic hydroxyl groups excluding tert-OH is 1. The zero-order chi connectivity index (χ0) is 12.5. The number of hydrogen-bond donors (Lipinski definition) is 1. The molecular weight excluding hydrogens is 214 g/mol. The van der Waals surface area contributed by atoms with Crippen molar-refractivity contribution in [3.63, 3.8) is 0 Å². The summed E-state index contributed by atoms with van der Waals surface area (Å²) in [7, 11) is 0. The predicted octanol–water partition coefficient (Wildman–Crippen LogP) is 2.27. The molecule has 2 rings (SSSR count). The van der Waals surface area contributed by atoms with Gasteiger partial charge < -0.3 is 5.11 Å². The fraction of sp³-hybridized carbons (Fsp3) is 0.692. The first-order valence-electron chi connectivity index (χ1n) is 6.24. The van der Waals surface area contributed by atoms with Crippen LogP contribution < -0.4 is 0 Å². The molecule has 0 radical (unpaired) electrons. The second-order valence-corrected chi connectivity index (χ2v) is 5.09. The summed E-state index contributed by atoms with van der Waals surface area (Å²) in [5, 5.41) is 24.1. The first-order chi connectivity index (χ1) is 8.13. The van der Waals surface area contributed by atoms with Crippen LogP contribution in [0.4, 0.5) is 0 Å². The molecule has 1 aliphatic rings. The van der Waals surface area contributed by atoms with Gasteiger partial charge in [-0.2, -0.15) is 10.4 Å². The summed E-state index contributed by atoms with van der Waals surface area (Å²) in [6.07, 6.45) is 3.54. The van der Waals surface area contributed by atoms with Crippen LogP contribution in [0, 0.1) is 22.7 Å². The summed E-state index contributed by atoms with van der Waals surface area (Å²) in [5.41, 5.74) is 0.148. The van der Waals surface area contributed by atoms with Crippen LogP contribution >= 0.6 is 0 Å². The first kappa shape index (κ1) is 12.1. The van der Waals surface area contributed by atoms with Gasteiger partial charge in [-0.3, -0.25) is 4.68 Å². The van der Waals surface area contributed by atoms with Crippen LogP contribution in [-0.4, -0.2) is 14.9 Å². The fourth-order valence-electron chi connectivity index (χ4n) is 2.86. The van der Waals surface area contributed by atoms with E-state index < -0.39 is 11.5 Å². The normalized spacial score (nSPS) is 30.1. The molecule has 92 valence electrons. The lowest BCUT2D eigenvalue weighted by Gasteiger charge is -2.27. The Labute approximate surface area is 102 Å². The van der Waals surface area contributed by atoms with Crippen LogP contribution in [0.2, 0.25) is 0 Å². The number of nitrogens with zero attached hydrogens (tertiary/aromatic N) is 3. The van der Waals surface area contributed by atoms with E-state index in [9.17, 15) is 10.4 Å². The van der Waals surface area contributed by atoms with Crippen molar-refractivity contribution in [3.05, 3.63) is 18.0 Å². The van der Waals surface area contributed by atoms with Crippen molar-refractivity contribution < 1.29 is 5.11 Å². The van der Waals surface area contributed by atoms with Gasteiger partial charge in [0.05, 0.1) is 17.2 Å². The highest BCUT2D eigenvalue weighted by Gasteiger charge is 2.45. The summed E-state index contributed by atoms with van der Waals surface area (Å²) in [6, 6.07) is 4.17. The maximum Gasteiger partial charge on any atom is 0.114 e. The van der Waals surface area contributed by atoms with Gasteiger partial charge in [-0.05, 0) is 38.2 Å². The molecule has 0 aliphatic heterocycles. The molecule has 1 saturated carbocycles. The molecule has 1 N–H and O–H groups in total. The standard InChI is InChI=1S/C13H19N3O/c1-3-16-11(5-7-15-16)12(17)13(9-14)6-4-10(2)8-13/h5,7,10,12,17H,3-4,6,8H2,1-2H3. The Balaban J connectivity index is 2.30. The lowest BCUT2D eigenvalue weighted by Crippen LogP contribution is -2.26. The molecule has 1 aromatic heterocycles. The Hall–Kier alpha value is -1.34. The second kappa shape index (κ2) is 4.50. The molecule has 1 aliphatic carbocycles. The van der Waals surface area contributed by atoms with Crippen LogP contribution in [-0.2, 0) is 6.54 Å². The minimum Gasteiger partial charge on any atom is -0.385 e. The van der Waals surface area contributed by atoms with Gasteiger partial charge in [-0.15, -0.1) is 0 Å². The van der Waals surface area contributed by atoms with Crippen molar-refractivity contribution in [1.82, 2.24) is 9.78 Å². The molecule has 0 bridgehead atoms. The molecule has 1 heterocycles. The van der Waals surface area contributed by atoms with E-state index in [1.165, 1.54) is 0 Å². The summed E-state index contributed by atoms with van der Waals surface area (Å²) < 4.78 is 1.77. The monoisotopic (exact) mass is 233 g/mol. The smallest absolute Gasteiger partial charge is 0.114 e. The molecule has 4 heteroatoms. The Bertz CT molecular complexity index is 434. The van der Waals surface area contributed by atoms with Crippen molar-refractivity contribution in [3.8, 4) is 6.07 Å². The lowest BCUT2D eigenvalue weighted by atomic mass is 9.79. The van der Waals surface area contributed by atoms with Crippen molar-refractivity contribution in [2.75, 3.05) is 0 Å². The molecule has 0 aromatic carbocycles. The molecule has 0 amide bonds. The van der Waals surface area contributed by atoms with Gasteiger partial charge in [-0.1, -0.05) is 6.92 Å². The highest BCUT2D eigenvalue weighted by atomic mass is 16.3. The molecular formula is C13H19N3O.